The first-order valence-corrected chi connectivity index (χ1v) is 11.4. The molecule has 1 saturated carbocycles. The van der Waals surface area contributed by atoms with Crippen molar-refractivity contribution in [3.05, 3.63) is 47.0 Å². The number of aromatic nitrogens is 5. The summed E-state index contributed by atoms with van der Waals surface area (Å²) >= 11 is 0. The van der Waals surface area contributed by atoms with E-state index in [1.165, 1.54) is 59.6 Å². The van der Waals surface area contributed by atoms with Gasteiger partial charge in [0.15, 0.2) is 5.65 Å². The molecule has 6 rings (SSSR count). The molecular weight excluding hydrogens is 384 g/mol. The van der Waals surface area contributed by atoms with Gasteiger partial charge in [-0.2, -0.15) is 5.10 Å². The van der Waals surface area contributed by atoms with Gasteiger partial charge >= 0.3 is 0 Å². The van der Waals surface area contributed by atoms with Gasteiger partial charge in [0.05, 0.1) is 16.7 Å². The first kappa shape index (κ1) is 19.0. The first-order chi connectivity index (χ1) is 14.8. The molecule has 1 aliphatic heterocycles. The molecule has 5 heterocycles. The van der Waals surface area contributed by atoms with Gasteiger partial charge in [-0.3, -0.25) is 4.98 Å². The van der Waals surface area contributed by atoms with Crippen LogP contribution in [0.3, 0.4) is 0 Å². The number of nitrogens with zero attached hydrogens (tertiary/aromatic N) is 5. The van der Waals surface area contributed by atoms with Crippen molar-refractivity contribution < 1.29 is 0 Å². The maximum Gasteiger partial charge on any atom is 0.158 e. The maximum absolute atomic E-state index is 5.23. The Bertz CT molecular complexity index is 1310. The molecule has 6 heteroatoms. The quantitative estimate of drug-likeness (QED) is 0.522. The largest absolute Gasteiger partial charge is 0.353 e. The normalized spacial score (nSPS) is 18.9. The molecule has 0 amide bonds. The standard InChI is InChI=1S/C25H30N6/c1-14(2)21-22(18-10-31-24(26-13-27-31)16(4)15(18)3)29-20-7-6-19(28-23(20)21)17-8-25(9-17)11-30(5)12-25/h6-7,10,13-14,17,29H,8-9,11-12H2,1-5H3. The molecule has 160 valence electrons. The third-order valence-electron chi connectivity index (χ3n) is 7.66. The van der Waals surface area contributed by atoms with Crippen LogP contribution in [0, 0.1) is 19.3 Å². The summed E-state index contributed by atoms with van der Waals surface area (Å²) in [7, 11) is 2.22. The van der Waals surface area contributed by atoms with E-state index in [1.54, 1.807) is 6.33 Å². The second-order valence-electron chi connectivity index (χ2n) is 10.3. The first-order valence-electron chi connectivity index (χ1n) is 11.4. The molecule has 1 spiro atoms. The summed E-state index contributed by atoms with van der Waals surface area (Å²) in [6.07, 6.45) is 6.29. The Hall–Kier alpha value is -2.73. The van der Waals surface area contributed by atoms with Gasteiger partial charge in [-0.1, -0.05) is 13.8 Å². The summed E-state index contributed by atoms with van der Waals surface area (Å²) in [5.41, 5.74) is 11.1. The number of aromatic amines is 1. The Morgan fingerprint density at radius 2 is 1.90 bits per heavy atom. The van der Waals surface area contributed by atoms with E-state index < -0.39 is 0 Å². The van der Waals surface area contributed by atoms with Gasteiger partial charge in [0.1, 0.15) is 6.33 Å². The Balaban J connectivity index is 1.46. The van der Waals surface area contributed by atoms with Crippen LogP contribution in [0.4, 0.5) is 0 Å². The van der Waals surface area contributed by atoms with E-state index >= 15 is 0 Å². The minimum atomic E-state index is 0.366. The van der Waals surface area contributed by atoms with Crippen molar-refractivity contribution >= 4 is 16.7 Å². The molecular formula is C25H30N6. The van der Waals surface area contributed by atoms with Gasteiger partial charge in [0.2, 0.25) is 0 Å². The third kappa shape index (κ3) is 2.70. The zero-order chi connectivity index (χ0) is 21.5. The van der Waals surface area contributed by atoms with E-state index in [0.29, 0.717) is 17.3 Å². The van der Waals surface area contributed by atoms with Crippen LogP contribution in [0.15, 0.2) is 24.7 Å². The number of H-pyrrole nitrogens is 1. The molecule has 4 aromatic rings. The fraction of sp³-hybridized carbons (Fsp3) is 0.480. The van der Waals surface area contributed by atoms with Gasteiger partial charge in [-0.15, -0.1) is 0 Å². The van der Waals surface area contributed by atoms with Gasteiger partial charge < -0.3 is 9.88 Å². The molecule has 0 aromatic carbocycles. The van der Waals surface area contributed by atoms with E-state index in [-0.39, 0.29) is 0 Å². The molecule has 2 aliphatic rings. The van der Waals surface area contributed by atoms with E-state index in [9.17, 15) is 0 Å². The number of pyridine rings is 2. The predicted octanol–water partition coefficient (Wildman–Crippen LogP) is 4.82. The van der Waals surface area contributed by atoms with Crippen molar-refractivity contribution in [2.75, 3.05) is 20.1 Å². The Labute approximate surface area is 182 Å². The minimum Gasteiger partial charge on any atom is -0.353 e. The number of likely N-dealkylation sites (tertiary alicyclic amines) is 1. The second kappa shape index (κ2) is 6.39. The molecule has 0 radical (unpaired) electrons. The highest BCUT2D eigenvalue weighted by Crippen LogP contribution is 2.55. The molecule has 1 saturated heterocycles. The van der Waals surface area contributed by atoms with Crippen LogP contribution in [-0.2, 0) is 0 Å². The maximum atomic E-state index is 5.23. The Morgan fingerprint density at radius 1 is 1.13 bits per heavy atom. The number of rotatable bonds is 3. The van der Waals surface area contributed by atoms with Crippen molar-refractivity contribution in [3.63, 3.8) is 0 Å². The number of hydrogen-bond donors (Lipinski definition) is 1. The average Bonchev–Trinajstić information content (AvgIpc) is 3.30. The zero-order valence-electron chi connectivity index (χ0n) is 19.0. The summed E-state index contributed by atoms with van der Waals surface area (Å²) in [6.45, 7) is 11.3. The lowest BCUT2D eigenvalue weighted by Crippen LogP contribution is -2.60. The molecule has 1 aliphatic carbocycles. The van der Waals surface area contributed by atoms with E-state index in [2.05, 4.69) is 73.0 Å². The van der Waals surface area contributed by atoms with Crippen LogP contribution >= 0.6 is 0 Å². The van der Waals surface area contributed by atoms with Crippen molar-refractivity contribution in [2.45, 2.75) is 52.4 Å². The second-order valence-corrected chi connectivity index (χ2v) is 10.3. The fourth-order valence-electron chi connectivity index (χ4n) is 6.11. The Morgan fingerprint density at radius 3 is 2.61 bits per heavy atom. The molecule has 4 aromatic heterocycles. The van der Waals surface area contributed by atoms with Crippen LogP contribution in [0.25, 0.3) is 27.9 Å². The van der Waals surface area contributed by atoms with Gasteiger partial charge in [-0.05, 0) is 68.3 Å². The smallest absolute Gasteiger partial charge is 0.158 e. The number of hydrogen-bond acceptors (Lipinski definition) is 4. The van der Waals surface area contributed by atoms with Crippen LogP contribution < -0.4 is 0 Å². The van der Waals surface area contributed by atoms with Gasteiger partial charge in [0.25, 0.3) is 0 Å². The highest BCUT2D eigenvalue weighted by molar-refractivity contribution is 5.89. The van der Waals surface area contributed by atoms with Gasteiger partial charge in [0, 0.05) is 42.0 Å². The highest BCUT2D eigenvalue weighted by Gasteiger charge is 2.51. The molecule has 1 N–H and O–H groups in total. The van der Waals surface area contributed by atoms with Crippen molar-refractivity contribution in [2.24, 2.45) is 5.41 Å². The fourth-order valence-corrected chi connectivity index (χ4v) is 6.11. The summed E-state index contributed by atoms with van der Waals surface area (Å²) in [4.78, 5) is 15.8. The average molecular weight is 415 g/mol. The van der Waals surface area contributed by atoms with E-state index in [4.69, 9.17) is 4.98 Å². The number of aryl methyl sites for hydroxylation is 1. The minimum absolute atomic E-state index is 0.366. The predicted molar refractivity (Wildman–Crippen MR) is 124 cm³/mol. The monoisotopic (exact) mass is 414 g/mol. The summed E-state index contributed by atoms with van der Waals surface area (Å²) in [5, 5.41) is 4.40. The summed E-state index contributed by atoms with van der Waals surface area (Å²) < 4.78 is 1.88. The van der Waals surface area contributed by atoms with Crippen LogP contribution in [0.1, 0.15) is 60.9 Å². The lowest BCUT2D eigenvalue weighted by atomic mass is 9.57. The van der Waals surface area contributed by atoms with Crippen LogP contribution in [-0.4, -0.2) is 49.6 Å². The van der Waals surface area contributed by atoms with Crippen molar-refractivity contribution in [1.82, 2.24) is 29.5 Å². The molecule has 0 atom stereocenters. The molecule has 6 nitrogen and oxygen atoms in total. The van der Waals surface area contributed by atoms with Crippen LogP contribution in [0.2, 0.25) is 0 Å². The Kier molecular flexibility index (Phi) is 3.91. The van der Waals surface area contributed by atoms with Crippen molar-refractivity contribution in [3.8, 4) is 11.3 Å². The van der Waals surface area contributed by atoms with E-state index in [0.717, 1.165) is 16.7 Å². The lowest BCUT2D eigenvalue weighted by Gasteiger charge is -2.58. The topological polar surface area (TPSA) is 62.1 Å². The number of nitrogens with one attached hydrogen (secondary N) is 1. The summed E-state index contributed by atoms with van der Waals surface area (Å²) in [6, 6.07) is 4.48. The number of fused-ring (bicyclic) bond motifs is 2. The van der Waals surface area contributed by atoms with Crippen LogP contribution in [0.5, 0.6) is 0 Å². The third-order valence-corrected chi connectivity index (χ3v) is 7.66. The highest BCUT2D eigenvalue weighted by atomic mass is 15.3. The van der Waals surface area contributed by atoms with E-state index in [1.807, 2.05) is 4.52 Å². The molecule has 0 bridgehead atoms. The van der Waals surface area contributed by atoms with Gasteiger partial charge in [-0.25, -0.2) is 9.50 Å². The van der Waals surface area contributed by atoms with Crippen molar-refractivity contribution in [1.29, 1.82) is 0 Å². The SMILES string of the molecule is Cc1c(-c2[nH]c3ccc(C4CC5(C4)CN(C)C5)nc3c2C(C)C)cn2ncnc2c1C. The molecule has 0 unspecified atom stereocenters. The lowest BCUT2D eigenvalue weighted by molar-refractivity contribution is -0.0592. The zero-order valence-corrected chi connectivity index (χ0v) is 19.0. The molecule has 2 fully saturated rings. The summed E-state index contributed by atoms with van der Waals surface area (Å²) in [5.74, 6) is 0.970. The molecule has 31 heavy (non-hydrogen) atoms.